The molecule has 0 amide bonds. The van der Waals surface area contributed by atoms with Gasteiger partial charge in [0.05, 0.1) is 29.3 Å². The van der Waals surface area contributed by atoms with Gasteiger partial charge in [-0.1, -0.05) is 20.8 Å². The quantitative estimate of drug-likeness (QED) is 0.370. The number of rotatable bonds is 4. The van der Waals surface area contributed by atoms with Gasteiger partial charge in [0.15, 0.2) is 6.29 Å². The maximum absolute atomic E-state index is 13.6. The van der Waals surface area contributed by atoms with E-state index in [1.807, 2.05) is 25.8 Å². The second-order valence-electron chi connectivity index (χ2n) is 13.5. The summed E-state index contributed by atoms with van der Waals surface area (Å²) in [5.74, 6) is -1.55. The van der Waals surface area contributed by atoms with Gasteiger partial charge in [0.2, 0.25) is 0 Å². The Bertz CT molecular complexity index is 823. The molecule has 10 nitrogen and oxygen atoms in total. The van der Waals surface area contributed by atoms with E-state index < -0.39 is 71.5 Å². The summed E-state index contributed by atoms with van der Waals surface area (Å²) >= 11 is 0. The molecule has 2 aliphatic heterocycles. The first-order valence-corrected chi connectivity index (χ1v) is 14.9. The number of likely N-dealkylation sites (N-methyl/N-ethyl adjacent to an activating group) is 1. The van der Waals surface area contributed by atoms with Crippen molar-refractivity contribution in [2.24, 2.45) is 17.8 Å². The number of ether oxygens (including phenoxy) is 4. The number of carbonyl (C=O) groups excluding carboxylic acids is 1. The Balaban J connectivity index is 2.47. The predicted molar refractivity (Wildman–Crippen MR) is 151 cm³/mol. The summed E-state index contributed by atoms with van der Waals surface area (Å²) in [5, 5.41) is 44.8. The Hall–Kier alpha value is -0.850. The van der Waals surface area contributed by atoms with Crippen LogP contribution in [0.25, 0.3) is 0 Å². The Labute approximate surface area is 241 Å². The van der Waals surface area contributed by atoms with Crippen molar-refractivity contribution in [1.82, 2.24) is 4.90 Å². The van der Waals surface area contributed by atoms with Crippen molar-refractivity contribution in [3.63, 3.8) is 0 Å². The molecule has 2 aliphatic rings. The number of hydrogen-bond donors (Lipinski definition) is 4. The number of methoxy groups -OCH3 is 1. The number of nitrogens with zero attached hydrogens (tertiary/aromatic N) is 1. The van der Waals surface area contributed by atoms with E-state index in [2.05, 4.69) is 6.92 Å². The van der Waals surface area contributed by atoms with Crippen LogP contribution in [-0.4, -0.2) is 112 Å². The molecule has 2 rings (SSSR count). The molecule has 0 bridgehead atoms. The average Bonchev–Trinajstić information content (AvgIpc) is 2.85. The monoisotopic (exact) mass is 575 g/mol. The van der Waals surface area contributed by atoms with E-state index in [1.165, 1.54) is 14.0 Å². The van der Waals surface area contributed by atoms with Crippen LogP contribution in [0.3, 0.4) is 0 Å². The zero-order valence-electron chi connectivity index (χ0n) is 26.6. The molecule has 2 heterocycles. The minimum atomic E-state index is -1.70. The molecule has 0 spiro atoms. The number of carbonyl (C=O) groups is 1. The summed E-state index contributed by atoms with van der Waals surface area (Å²) in [7, 11) is 3.41. The number of aliphatic hydroxyl groups excluding tert-OH is 2. The van der Waals surface area contributed by atoms with Gasteiger partial charge in [-0.2, -0.15) is 0 Å². The molecule has 9 unspecified atom stereocenters. The van der Waals surface area contributed by atoms with Gasteiger partial charge in [0, 0.05) is 26.1 Å². The van der Waals surface area contributed by atoms with E-state index >= 15 is 0 Å². The number of hydrogen-bond acceptors (Lipinski definition) is 10. The molecule has 40 heavy (non-hydrogen) atoms. The first-order chi connectivity index (χ1) is 18.3. The molecule has 13 atom stereocenters. The minimum Gasteiger partial charge on any atom is -0.459 e. The fourth-order valence-electron chi connectivity index (χ4n) is 6.80. The normalized spacial score (nSPS) is 49.1. The first kappa shape index (κ1) is 35.3. The van der Waals surface area contributed by atoms with Crippen LogP contribution in [0.1, 0.15) is 88.0 Å². The molecular weight excluding hydrogens is 518 g/mol. The molecule has 2 fully saturated rings. The Morgan fingerprint density at radius 1 is 1.00 bits per heavy atom. The van der Waals surface area contributed by atoms with Crippen LogP contribution in [0.5, 0.6) is 0 Å². The summed E-state index contributed by atoms with van der Waals surface area (Å²) in [6.07, 6.45) is -3.62. The molecule has 0 saturated carbocycles. The van der Waals surface area contributed by atoms with Crippen molar-refractivity contribution in [1.29, 1.82) is 0 Å². The lowest BCUT2D eigenvalue weighted by Gasteiger charge is -2.46. The van der Waals surface area contributed by atoms with E-state index in [4.69, 9.17) is 18.9 Å². The topological polar surface area (TPSA) is 138 Å². The largest absolute Gasteiger partial charge is 0.459 e. The Morgan fingerprint density at radius 2 is 1.60 bits per heavy atom. The number of cyclic esters (lactones) is 1. The SMILES string of the molecule is CCC1OC(=O)C(C)C(O[C@H]2C[C@@](C)(OC)[C@@H](O)[C@H](C)O2)C(C)CC(C)(O)CC(C)CN(C)C(C)C(O)C1(C)O. The van der Waals surface area contributed by atoms with Crippen LogP contribution >= 0.6 is 0 Å². The molecule has 0 radical (unpaired) electrons. The summed E-state index contributed by atoms with van der Waals surface area (Å²) in [5.41, 5.74) is -3.66. The number of aliphatic hydroxyl groups is 4. The lowest BCUT2D eigenvalue weighted by atomic mass is 9.80. The smallest absolute Gasteiger partial charge is 0.311 e. The highest BCUT2D eigenvalue weighted by Crippen LogP contribution is 2.37. The van der Waals surface area contributed by atoms with E-state index in [9.17, 15) is 25.2 Å². The molecule has 0 aliphatic carbocycles. The van der Waals surface area contributed by atoms with Gasteiger partial charge in [-0.15, -0.1) is 0 Å². The van der Waals surface area contributed by atoms with Crippen molar-refractivity contribution >= 4 is 5.97 Å². The second-order valence-corrected chi connectivity index (χ2v) is 13.5. The van der Waals surface area contributed by atoms with Crippen LogP contribution in [0.4, 0.5) is 0 Å². The van der Waals surface area contributed by atoms with Crippen LogP contribution < -0.4 is 0 Å². The van der Waals surface area contributed by atoms with Gasteiger partial charge in [-0.25, -0.2) is 0 Å². The fraction of sp³-hybridized carbons (Fsp3) is 0.967. The van der Waals surface area contributed by atoms with E-state index in [1.54, 1.807) is 34.6 Å². The molecule has 0 aromatic carbocycles. The van der Waals surface area contributed by atoms with Crippen molar-refractivity contribution in [3.05, 3.63) is 0 Å². The summed E-state index contributed by atoms with van der Waals surface area (Å²) < 4.78 is 24.0. The van der Waals surface area contributed by atoms with Gasteiger partial charge in [-0.3, -0.25) is 4.79 Å². The van der Waals surface area contributed by atoms with Gasteiger partial charge in [-0.05, 0) is 79.7 Å². The van der Waals surface area contributed by atoms with Gasteiger partial charge >= 0.3 is 5.97 Å². The van der Waals surface area contributed by atoms with Crippen molar-refractivity contribution < 1.29 is 44.2 Å². The molecule has 4 N–H and O–H groups in total. The van der Waals surface area contributed by atoms with Crippen LogP contribution in [-0.2, 0) is 23.7 Å². The number of esters is 1. The second kappa shape index (κ2) is 13.6. The molecule has 2 saturated heterocycles. The van der Waals surface area contributed by atoms with Crippen LogP contribution in [0, 0.1) is 17.8 Å². The van der Waals surface area contributed by atoms with Crippen LogP contribution in [0.2, 0.25) is 0 Å². The molecule has 10 heteroatoms. The van der Waals surface area contributed by atoms with Gasteiger partial charge in [0.25, 0.3) is 0 Å². The Morgan fingerprint density at radius 3 is 2.15 bits per heavy atom. The molecular formula is C30H57NO9. The maximum atomic E-state index is 13.6. The van der Waals surface area contributed by atoms with Crippen LogP contribution in [0.15, 0.2) is 0 Å². The molecule has 236 valence electrons. The minimum absolute atomic E-state index is 0.0833. The molecule has 0 aromatic rings. The third-order valence-electron chi connectivity index (χ3n) is 9.39. The van der Waals surface area contributed by atoms with Crippen molar-refractivity contribution in [3.8, 4) is 0 Å². The highest BCUT2D eigenvalue weighted by Gasteiger charge is 2.49. The van der Waals surface area contributed by atoms with E-state index in [-0.39, 0.29) is 18.3 Å². The third kappa shape index (κ3) is 8.16. The summed E-state index contributed by atoms with van der Waals surface area (Å²) in [6, 6.07) is -0.427. The highest BCUT2D eigenvalue weighted by molar-refractivity contribution is 5.73. The lowest BCUT2D eigenvalue weighted by Crippen LogP contribution is -2.59. The highest BCUT2D eigenvalue weighted by atomic mass is 16.7. The zero-order chi connectivity index (χ0) is 30.8. The first-order valence-electron chi connectivity index (χ1n) is 14.9. The standard InChI is InChI=1S/C30H57NO9/c1-12-22-30(9,36)25(32)20(5)31(10)16-17(2)13-28(7,35)14-18(3)24(19(4)27(34)39-22)40-23-15-29(8,37-11)26(33)21(6)38-23/h17-26,32-33,35-36H,12-16H2,1-11H3/t17?,18?,19?,20?,21-,22?,23-,24?,25?,26-,28?,29+,30?/m0/s1. The van der Waals surface area contributed by atoms with E-state index in [0.717, 1.165) is 0 Å². The average molecular weight is 576 g/mol. The summed E-state index contributed by atoms with van der Waals surface area (Å²) in [6.45, 7) is 16.8. The third-order valence-corrected chi connectivity index (χ3v) is 9.39. The molecule has 0 aromatic heterocycles. The fourth-order valence-corrected chi connectivity index (χ4v) is 6.80. The summed E-state index contributed by atoms with van der Waals surface area (Å²) in [4.78, 5) is 15.6. The predicted octanol–water partition coefficient (Wildman–Crippen LogP) is 2.48. The Kier molecular flexibility index (Phi) is 12.0. The van der Waals surface area contributed by atoms with E-state index in [0.29, 0.717) is 25.8 Å². The maximum Gasteiger partial charge on any atom is 0.311 e. The van der Waals surface area contributed by atoms with Crippen molar-refractivity contribution in [2.45, 2.75) is 148 Å². The van der Waals surface area contributed by atoms with Gasteiger partial charge < -0.3 is 44.3 Å². The lowest BCUT2D eigenvalue weighted by molar-refractivity contribution is -0.296. The van der Waals surface area contributed by atoms with Gasteiger partial charge in [0.1, 0.15) is 23.9 Å². The zero-order valence-corrected chi connectivity index (χ0v) is 26.6. The van der Waals surface area contributed by atoms with Crippen molar-refractivity contribution in [2.75, 3.05) is 20.7 Å².